The smallest absolute Gasteiger partial charge is 0.226 e. The lowest BCUT2D eigenvalue weighted by atomic mass is 9.79. The van der Waals surface area contributed by atoms with Gasteiger partial charge in [0.2, 0.25) is 5.89 Å². The first-order valence-corrected chi connectivity index (χ1v) is 13.3. The molecule has 0 saturated carbocycles. The van der Waals surface area contributed by atoms with Gasteiger partial charge in [0.05, 0.1) is 17.6 Å². The Morgan fingerprint density at radius 3 is 2.41 bits per heavy atom. The summed E-state index contributed by atoms with van der Waals surface area (Å²) in [7, 11) is 2.01. The van der Waals surface area contributed by atoms with Gasteiger partial charge in [-0.3, -0.25) is 0 Å². The van der Waals surface area contributed by atoms with Gasteiger partial charge in [-0.2, -0.15) is 0 Å². The number of nitrogens with zero attached hydrogens (tertiary/aromatic N) is 2. The summed E-state index contributed by atoms with van der Waals surface area (Å²) in [5.41, 5.74) is 15.3. The molecule has 0 unspecified atom stereocenters. The molecule has 8 nitrogen and oxygen atoms in total. The van der Waals surface area contributed by atoms with E-state index < -0.39 is 0 Å². The van der Waals surface area contributed by atoms with Gasteiger partial charge in [0, 0.05) is 35.4 Å². The molecule has 39 heavy (non-hydrogen) atoms. The van der Waals surface area contributed by atoms with E-state index in [1.54, 1.807) is 30.5 Å². The molecule has 208 valence electrons. The summed E-state index contributed by atoms with van der Waals surface area (Å²) in [6, 6.07) is 13.4. The van der Waals surface area contributed by atoms with Crippen LogP contribution in [0.1, 0.15) is 57.4 Å². The first kappa shape index (κ1) is 28.1. The van der Waals surface area contributed by atoms with Gasteiger partial charge < -0.3 is 35.9 Å². The fourth-order valence-electron chi connectivity index (χ4n) is 5.48. The number of rotatable bonds is 8. The predicted octanol–water partition coefficient (Wildman–Crippen LogP) is 5.28. The molecule has 0 amide bonds. The molecule has 1 aromatic heterocycles. The van der Waals surface area contributed by atoms with Crippen molar-refractivity contribution in [3.8, 4) is 23.0 Å². The largest absolute Gasteiger partial charge is 0.507 e. The molecular formula is C31H41N5O3. The Bertz CT molecular complexity index is 1340. The number of oxazole rings is 1. The summed E-state index contributed by atoms with van der Waals surface area (Å²) in [5.74, 6) is 2.03. The van der Waals surface area contributed by atoms with E-state index in [9.17, 15) is 5.11 Å². The lowest BCUT2D eigenvalue weighted by molar-refractivity contribution is 0.0981. The second kappa shape index (κ2) is 11.1. The highest BCUT2D eigenvalue weighted by Gasteiger charge is 2.39. The van der Waals surface area contributed by atoms with Crippen LogP contribution < -0.4 is 21.5 Å². The van der Waals surface area contributed by atoms with Gasteiger partial charge >= 0.3 is 0 Å². The van der Waals surface area contributed by atoms with Gasteiger partial charge in [0.15, 0.2) is 0 Å². The highest BCUT2D eigenvalue weighted by Crippen LogP contribution is 2.38. The molecule has 2 heterocycles. The number of phenolic OH excluding ortho intramolecular Hbond substituents is 1. The van der Waals surface area contributed by atoms with Crippen LogP contribution in [0.25, 0.3) is 17.2 Å². The van der Waals surface area contributed by atoms with Gasteiger partial charge in [-0.25, -0.2) is 4.98 Å². The van der Waals surface area contributed by atoms with Crippen LogP contribution in [0, 0.1) is 6.92 Å². The standard InChI is InChI=1S/C31H41N5O3/c1-20-18-34-29(39-20)22-14-25(37)28(26(15-22)38-19-21-10-8-7-9-11-21)24(32)12-13-27(33)36(6)23-16-30(2,3)35-31(4,5)17-23/h7-15,18,23,35,37H,16-17,19,32-33H2,1-6H3/b24-12-,27-13+. The molecule has 2 aromatic carbocycles. The van der Waals surface area contributed by atoms with E-state index in [1.807, 2.05) is 44.3 Å². The highest BCUT2D eigenvalue weighted by atomic mass is 16.5. The number of piperidine rings is 1. The Hall–Kier alpha value is -3.91. The number of hydrogen-bond donors (Lipinski definition) is 4. The van der Waals surface area contributed by atoms with Crippen molar-refractivity contribution >= 4 is 5.70 Å². The van der Waals surface area contributed by atoms with E-state index in [0.29, 0.717) is 46.7 Å². The molecule has 0 bridgehead atoms. The minimum Gasteiger partial charge on any atom is -0.507 e. The number of aromatic hydroxyl groups is 1. The van der Waals surface area contributed by atoms with Crippen LogP contribution in [0.4, 0.5) is 0 Å². The molecule has 6 N–H and O–H groups in total. The van der Waals surface area contributed by atoms with Crippen molar-refractivity contribution in [2.45, 2.75) is 71.2 Å². The van der Waals surface area contributed by atoms with Gasteiger partial charge in [0.25, 0.3) is 0 Å². The SMILES string of the molecule is Cc1cnc(-c2cc(O)c(/C(N)=C/C=C(\N)N(C)C3CC(C)(C)NC(C)(C)C3)c(OCc3ccccc3)c2)o1. The first-order valence-electron chi connectivity index (χ1n) is 13.3. The number of benzene rings is 2. The lowest BCUT2D eigenvalue weighted by Gasteiger charge is -2.49. The molecule has 1 aliphatic rings. The summed E-state index contributed by atoms with van der Waals surface area (Å²) in [6.45, 7) is 11.0. The maximum Gasteiger partial charge on any atom is 0.226 e. The van der Waals surface area contributed by atoms with Crippen molar-refractivity contribution in [2.75, 3.05) is 7.05 Å². The minimum atomic E-state index is -0.0395. The fourth-order valence-corrected chi connectivity index (χ4v) is 5.48. The van der Waals surface area contributed by atoms with Gasteiger partial charge in [0.1, 0.15) is 23.9 Å². The Balaban J connectivity index is 1.63. The molecule has 0 aliphatic carbocycles. The Labute approximate surface area is 231 Å². The molecule has 0 radical (unpaired) electrons. The van der Waals surface area contributed by atoms with Crippen LogP contribution >= 0.6 is 0 Å². The van der Waals surface area contributed by atoms with Crippen LogP contribution in [0.2, 0.25) is 0 Å². The molecule has 8 heteroatoms. The van der Waals surface area contributed by atoms with E-state index >= 15 is 0 Å². The van der Waals surface area contributed by atoms with Crippen molar-refractivity contribution in [3.63, 3.8) is 0 Å². The van der Waals surface area contributed by atoms with Crippen molar-refractivity contribution in [3.05, 3.63) is 83.5 Å². The van der Waals surface area contributed by atoms with E-state index in [1.165, 1.54) is 0 Å². The van der Waals surface area contributed by atoms with Crippen molar-refractivity contribution in [1.29, 1.82) is 0 Å². The zero-order valence-corrected chi connectivity index (χ0v) is 23.8. The molecule has 3 aromatic rings. The third-order valence-electron chi connectivity index (χ3n) is 7.03. The quantitative estimate of drug-likeness (QED) is 0.290. The molecule has 0 atom stereocenters. The van der Waals surface area contributed by atoms with E-state index in [4.69, 9.17) is 20.6 Å². The van der Waals surface area contributed by atoms with Crippen LogP contribution in [-0.2, 0) is 6.61 Å². The first-order chi connectivity index (χ1) is 18.3. The van der Waals surface area contributed by atoms with E-state index in [0.717, 1.165) is 18.4 Å². The number of phenols is 1. The van der Waals surface area contributed by atoms with Gasteiger partial charge in [-0.1, -0.05) is 30.3 Å². The number of hydrogen-bond acceptors (Lipinski definition) is 8. The molecule has 1 fully saturated rings. The van der Waals surface area contributed by atoms with Crippen molar-refractivity contribution in [1.82, 2.24) is 15.2 Å². The maximum atomic E-state index is 11.1. The summed E-state index contributed by atoms with van der Waals surface area (Å²) >= 11 is 0. The van der Waals surface area contributed by atoms with E-state index in [2.05, 4.69) is 42.9 Å². The Morgan fingerprint density at radius 1 is 1.13 bits per heavy atom. The van der Waals surface area contributed by atoms with Gasteiger partial charge in [-0.05, 0) is 77.3 Å². The number of nitrogens with one attached hydrogen (secondary N) is 1. The summed E-state index contributed by atoms with van der Waals surface area (Å²) in [4.78, 5) is 6.40. The third kappa shape index (κ3) is 6.95. The van der Waals surface area contributed by atoms with Crippen LogP contribution in [-0.4, -0.2) is 39.2 Å². The zero-order valence-electron chi connectivity index (χ0n) is 23.8. The summed E-state index contributed by atoms with van der Waals surface area (Å²) in [5, 5.41) is 14.8. The van der Waals surface area contributed by atoms with E-state index in [-0.39, 0.29) is 22.9 Å². The third-order valence-corrected chi connectivity index (χ3v) is 7.03. The van der Waals surface area contributed by atoms with Gasteiger partial charge in [-0.15, -0.1) is 0 Å². The Morgan fingerprint density at radius 2 is 1.79 bits per heavy atom. The molecular weight excluding hydrogens is 490 g/mol. The zero-order chi connectivity index (χ0) is 28.4. The summed E-state index contributed by atoms with van der Waals surface area (Å²) < 4.78 is 11.8. The molecule has 4 rings (SSSR count). The average Bonchev–Trinajstić information content (AvgIpc) is 3.30. The lowest BCUT2D eigenvalue weighted by Crippen LogP contribution is -2.61. The second-order valence-electron chi connectivity index (χ2n) is 11.7. The number of aryl methyl sites for hydroxylation is 1. The monoisotopic (exact) mass is 531 g/mol. The topological polar surface area (TPSA) is 123 Å². The summed E-state index contributed by atoms with van der Waals surface area (Å²) in [6.07, 6.45) is 7.04. The van der Waals surface area contributed by atoms with Crippen LogP contribution in [0.5, 0.6) is 11.5 Å². The normalized spacial score (nSPS) is 17.7. The Kier molecular flexibility index (Phi) is 7.97. The van der Waals surface area contributed by atoms with Crippen LogP contribution in [0.15, 0.2) is 71.1 Å². The minimum absolute atomic E-state index is 0.00422. The number of nitrogens with two attached hydrogens (primary N) is 2. The fraction of sp³-hybridized carbons (Fsp3) is 0.387. The van der Waals surface area contributed by atoms with Crippen molar-refractivity contribution in [2.24, 2.45) is 11.5 Å². The maximum absolute atomic E-state index is 11.1. The average molecular weight is 532 g/mol. The highest BCUT2D eigenvalue weighted by molar-refractivity contribution is 5.78. The molecule has 1 aliphatic heterocycles. The second-order valence-corrected chi connectivity index (χ2v) is 11.7. The molecule has 0 spiro atoms. The number of allylic oxidation sites excluding steroid dienone is 2. The van der Waals surface area contributed by atoms with Crippen molar-refractivity contribution < 1.29 is 14.3 Å². The molecule has 1 saturated heterocycles. The van der Waals surface area contributed by atoms with Crippen LogP contribution in [0.3, 0.4) is 0 Å². The predicted molar refractivity (Wildman–Crippen MR) is 156 cm³/mol. The number of ether oxygens (including phenoxy) is 1. The number of aromatic nitrogens is 1.